The molecule has 5 nitrogen and oxygen atoms in total. The van der Waals surface area contributed by atoms with Crippen molar-refractivity contribution in [3.63, 3.8) is 0 Å². The molecule has 1 heterocycles. The molecular formula is C21H19NO4S2. The third kappa shape index (κ3) is 4.43. The van der Waals surface area contributed by atoms with Gasteiger partial charge >= 0.3 is 5.97 Å². The Labute approximate surface area is 173 Å². The minimum Gasteiger partial charge on any atom is -0.494 e. The number of benzene rings is 2. The number of amides is 1. The topological polar surface area (TPSA) is 66.8 Å². The highest BCUT2D eigenvalue weighted by Crippen LogP contribution is 2.38. The van der Waals surface area contributed by atoms with Gasteiger partial charge < -0.3 is 9.84 Å². The molecule has 144 valence electrons. The average molecular weight is 414 g/mol. The van der Waals surface area contributed by atoms with Crippen molar-refractivity contribution >= 4 is 46.3 Å². The SMILES string of the molecule is CCCOc1ccc(/C=C2\SC(=S)N(C(C(=O)O)c3ccccc3)C2=O)cc1. The van der Waals surface area contributed by atoms with Crippen LogP contribution in [0.3, 0.4) is 0 Å². The lowest BCUT2D eigenvalue weighted by molar-refractivity contribution is -0.145. The maximum atomic E-state index is 12.9. The summed E-state index contributed by atoms with van der Waals surface area (Å²) in [5, 5.41) is 9.70. The minimum atomic E-state index is -1.15. The van der Waals surface area contributed by atoms with Gasteiger partial charge in [0.25, 0.3) is 5.91 Å². The van der Waals surface area contributed by atoms with Gasteiger partial charge in [0.15, 0.2) is 6.04 Å². The zero-order valence-electron chi connectivity index (χ0n) is 15.2. The second-order valence-corrected chi connectivity index (χ2v) is 7.80. The smallest absolute Gasteiger partial charge is 0.331 e. The van der Waals surface area contributed by atoms with Crippen molar-refractivity contribution in [3.8, 4) is 5.75 Å². The zero-order chi connectivity index (χ0) is 20.1. The standard InChI is InChI=1S/C21H19NO4S2/c1-2-12-26-16-10-8-14(9-11-16)13-17-19(23)22(21(27)28-17)18(20(24)25)15-6-4-3-5-7-15/h3-11,13,18H,2,12H2,1H3,(H,24,25)/b17-13-. The molecule has 0 saturated carbocycles. The summed E-state index contributed by atoms with van der Waals surface area (Å²) in [6.45, 7) is 2.68. The molecule has 1 fully saturated rings. The number of carbonyl (C=O) groups is 2. The Kier molecular flexibility index (Phi) is 6.49. The molecule has 1 aliphatic heterocycles. The van der Waals surface area contributed by atoms with Gasteiger partial charge in [0, 0.05) is 0 Å². The van der Waals surface area contributed by atoms with Crippen molar-refractivity contribution in [2.24, 2.45) is 0 Å². The number of carboxylic acid groups (broad SMARTS) is 1. The maximum absolute atomic E-state index is 12.9. The molecule has 28 heavy (non-hydrogen) atoms. The van der Waals surface area contributed by atoms with Gasteiger partial charge in [-0.15, -0.1) is 0 Å². The van der Waals surface area contributed by atoms with E-state index >= 15 is 0 Å². The Hall–Kier alpha value is -2.64. The first-order valence-electron chi connectivity index (χ1n) is 8.79. The van der Waals surface area contributed by atoms with E-state index in [-0.39, 0.29) is 4.32 Å². The van der Waals surface area contributed by atoms with Crippen LogP contribution in [0.2, 0.25) is 0 Å². The molecule has 7 heteroatoms. The molecule has 2 aromatic rings. The first-order valence-corrected chi connectivity index (χ1v) is 10.0. The van der Waals surface area contributed by atoms with Crippen molar-refractivity contribution in [1.82, 2.24) is 4.90 Å². The fourth-order valence-corrected chi connectivity index (χ4v) is 4.08. The van der Waals surface area contributed by atoms with E-state index in [1.54, 1.807) is 36.4 Å². The summed E-state index contributed by atoms with van der Waals surface area (Å²) in [5.74, 6) is -0.764. The molecule has 0 radical (unpaired) electrons. The number of nitrogens with zero attached hydrogens (tertiary/aromatic N) is 1. The van der Waals surface area contributed by atoms with Gasteiger partial charge in [-0.25, -0.2) is 4.79 Å². The fourth-order valence-electron chi connectivity index (χ4n) is 2.77. The van der Waals surface area contributed by atoms with E-state index in [2.05, 4.69) is 0 Å². The summed E-state index contributed by atoms with van der Waals surface area (Å²) in [4.78, 5) is 26.3. The van der Waals surface area contributed by atoms with E-state index in [0.717, 1.165) is 29.5 Å². The predicted octanol–water partition coefficient (Wildman–Crippen LogP) is 4.50. The number of carbonyl (C=O) groups excluding carboxylic acids is 1. The molecule has 1 unspecified atom stereocenters. The highest BCUT2D eigenvalue weighted by molar-refractivity contribution is 8.26. The molecule has 0 spiro atoms. The highest BCUT2D eigenvalue weighted by Gasteiger charge is 2.41. The lowest BCUT2D eigenvalue weighted by Gasteiger charge is -2.23. The third-order valence-corrected chi connectivity index (χ3v) is 5.41. The lowest BCUT2D eigenvalue weighted by atomic mass is 10.1. The first-order chi connectivity index (χ1) is 13.5. The second-order valence-electron chi connectivity index (χ2n) is 6.12. The molecule has 1 atom stereocenters. The van der Waals surface area contributed by atoms with Crippen LogP contribution in [0.4, 0.5) is 0 Å². The second kappa shape index (κ2) is 9.03. The summed E-state index contributed by atoms with van der Waals surface area (Å²) in [6, 6.07) is 14.9. The minimum absolute atomic E-state index is 0.232. The lowest BCUT2D eigenvalue weighted by Crippen LogP contribution is -2.37. The Balaban J connectivity index is 1.84. The van der Waals surface area contributed by atoms with Gasteiger partial charge in [0.2, 0.25) is 0 Å². The van der Waals surface area contributed by atoms with Crippen molar-refractivity contribution in [2.75, 3.05) is 6.61 Å². The summed E-state index contributed by atoms with van der Waals surface area (Å²) >= 11 is 6.43. The Morgan fingerprint density at radius 1 is 1.21 bits per heavy atom. The average Bonchev–Trinajstić information content (AvgIpc) is 2.96. The van der Waals surface area contributed by atoms with E-state index < -0.39 is 17.9 Å². The monoisotopic (exact) mass is 413 g/mol. The molecule has 0 aliphatic carbocycles. The summed E-state index contributed by atoms with van der Waals surface area (Å²) in [6.07, 6.45) is 2.64. The van der Waals surface area contributed by atoms with Crippen LogP contribution in [0.15, 0.2) is 59.5 Å². The van der Waals surface area contributed by atoms with E-state index in [0.29, 0.717) is 17.1 Å². The van der Waals surface area contributed by atoms with Crippen molar-refractivity contribution in [1.29, 1.82) is 0 Å². The van der Waals surface area contributed by atoms with Crippen LogP contribution in [0.25, 0.3) is 6.08 Å². The number of thiocarbonyl (C=S) groups is 1. The van der Waals surface area contributed by atoms with Crippen LogP contribution < -0.4 is 4.74 Å². The molecule has 0 bridgehead atoms. The molecule has 2 aromatic carbocycles. The Morgan fingerprint density at radius 2 is 1.89 bits per heavy atom. The van der Waals surface area contributed by atoms with Gasteiger partial charge in [-0.2, -0.15) is 0 Å². The maximum Gasteiger partial charge on any atom is 0.331 e. The number of hydrogen-bond donors (Lipinski definition) is 1. The third-order valence-electron chi connectivity index (χ3n) is 4.08. The fraction of sp³-hybridized carbons (Fsp3) is 0.190. The zero-order valence-corrected chi connectivity index (χ0v) is 16.8. The van der Waals surface area contributed by atoms with Gasteiger partial charge in [-0.3, -0.25) is 9.69 Å². The molecule has 3 rings (SSSR count). The number of hydrogen-bond acceptors (Lipinski definition) is 5. The number of thioether (sulfide) groups is 1. The summed E-state index contributed by atoms with van der Waals surface area (Å²) in [5.41, 5.74) is 1.32. The van der Waals surface area contributed by atoms with Crippen LogP contribution in [0.5, 0.6) is 5.75 Å². The van der Waals surface area contributed by atoms with Crippen molar-refractivity contribution in [3.05, 3.63) is 70.6 Å². The Morgan fingerprint density at radius 3 is 2.50 bits per heavy atom. The number of aliphatic carboxylic acids is 1. The van der Waals surface area contributed by atoms with E-state index in [1.807, 2.05) is 31.2 Å². The highest BCUT2D eigenvalue weighted by atomic mass is 32.2. The molecule has 1 saturated heterocycles. The normalized spacial score (nSPS) is 16.5. The van der Waals surface area contributed by atoms with Gasteiger partial charge in [-0.1, -0.05) is 73.4 Å². The Bertz CT molecular complexity index is 910. The van der Waals surface area contributed by atoms with Crippen LogP contribution >= 0.6 is 24.0 Å². The van der Waals surface area contributed by atoms with Crippen molar-refractivity contribution in [2.45, 2.75) is 19.4 Å². The van der Waals surface area contributed by atoms with E-state index in [9.17, 15) is 14.7 Å². The van der Waals surface area contributed by atoms with Crippen LogP contribution in [0, 0.1) is 0 Å². The molecular weight excluding hydrogens is 394 g/mol. The number of rotatable bonds is 7. The molecule has 1 amide bonds. The molecule has 1 N–H and O–H groups in total. The van der Waals surface area contributed by atoms with Gasteiger partial charge in [0.1, 0.15) is 10.1 Å². The first kappa shape index (κ1) is 20.1. The summed E-state index contributed by atoms with van der Waals surface area (Å²) < 4.78 is 5.79. The van der Waals surface area contributed by atoms with Crippen LogP contribution in [-0.4, -0.2) is 32.8 Å². The summed E-state index contributed by atoms with van der Waals surface area (Å²) in [7, 11) is 0. The van der Waals surface area contributed by atoms with Gasteiger partial charge in [0.05, 0.1) is 11.5 Å². The predicted molar refractivity (Wildman–Crippen MR) is 114 cm³/mol. The van der Waals surface area contributed by atoms with Crippen LogP contribution in [0.1, 0.15) is 30.5 Å². The number of ether oxygens (including phenoxy) is 1. The largest absolute Gasteiger partial charge is 0.494 e. The van der Waals surface area contributed by atoms with Gasteiger partial charge in [-0.05, 0) is 35.8 Å². The molecule has 0 aromatic heterocycles. The van der Waals surface area contributed by atoms with Crippen LogP contribution in [-0.2, 0) is 9.59 Å². The quantitative estimate of drug-likeness (QED) is 0.532. The van der Waals surface area contributed by atoms with E-state index in [4.69, 9.17) is 17.0 Å². The van der Waals surface area contributed by atoms with E-state index in [1.165, 1.54) is 4.90 Å². The number of carboxylic acids is 1. The molecule has 1 aliphatic rings. The van der Waals surface area contributed by atoms with Crippen molar-refractivity contribution < 1.29 is 19.4 Å².